The molecule has 0 aromatic carbocycles. The van der Waals surface area contributed by atoms with Gasteiger partial charge in [0.15, 0.2) is 36.1 Å². The first-order chi connectivity index (χ1) is 28.3. The number of primary amides is 1. The molecule has 3 aliphatic heterocycles. The zero-order valence-corrected chi connectivity index (χ0v) is 33.2. The second-order valence-corrected chi connectivity index (χ2v) is 17.4. The number of aliphatic hydroxyl groups is 8. The number of carbonyl (C=O) groups excluding carboxylic acids is 2. The van der Waals surface area contributed by atoms with Crippen molar-refractivity contribution in [2.45, 2.75) is 79.6 Å². The van der Waals surface area contributed by atoms with E-state index >= 15 is 0 Å². The van der Waals surface area contributed by atoms with Crippen molar-refractivity contribution in [2.24, 2.45) is 5.73 Å². The Labute approximate surface area is 340 Å². The highest BCUT2D eigenvalue weighted by Gasteiger charge is 2.63. The molecular weight excluding hydrogens is 899 g/mol. The smallest absolute Gasteiger partial charge is 0.425 e. The number of hydrogen-bond acceptors (Lipinski definition) is 25. The van der Waals surface area contributed by atoms with Gasteiger partial charge >= 0.3 is 29.4 Å². The summed E-state index contributed by atoms with van der Waals surface area (Å²) >= 11 is 0. The molecule has 61 heavy (non-hydrogen) atoms. The number of amides is 1. The van der Waals surface area contributed by atoms with Crippen molar-refractivity contribution < 1.29 is 116 Å². The molecule has 1 amide bonds. The van der Waals surface area contributed by atoms with Crippen LogP contribution >= 0.6 is 23.5 Å². The second-order valence-electron chi connectivity index (χ2n) is 13.2. The van der Waals surface area contributed by atoms with Crippen LogP contribution in [0.5, 0.6) is 0 Å². The van der Waals surface area contributed by atoms with Gasteiger partial charge in [-0.15, -0.1) is 0 Å². The molecule has 5 heterocycles. The quantitative estimate of drug-likeness (QED) is 0.0460. The molecule has 0 bridgehead atoms. The Hall–Kier alpha value is -3.46. The Morgan fingerprint density at radius 3 is 2.28 bits per heavy atom. The molecule has 2 aromatic heterocycles. The lowest BCUT2D eigenvalue weighted by molar-refractivity contribution is -0.274. The standard InChI is InChI=1S/C27H40N7O24P3/c28-21-13-23(31-8-30-21)34(9-32-13)25-19(57-59(45,46)47)20(42)27(55-25,56-26(44)18(41)16(39)14(37)11(36)5-35)7-53-61(50,51)58-60(48,49)52-6-12-15(38)17(40)24(54-12)33-3-1-2-10(4-33)22(29)43/h1,3-4,8-9,11-12,14-20,24-25,35-42H,2,5-7H2,(H2,29,43)(H,48,49)(H,50,51)(H2,28,30,31)(H2,45,46,47)/t11?,12-,14?,15-,16?,17-,18?,19-,20-,24-,25-,27-/m1/s1. The van der Waals surface area contributed by atoms with E-state index in [2.05, 4.69) is 28.3 Å². The number of aromatic nitrogens is 4. The van der Waals surface area contributed by atoms with E-state index in [9.17, 15) is 78.6 Å². The molecule has 0 radical (unpaired) electrons. The first-order valence-electron chi connectivity index (χ1n) is 17.0. The van der Waals surface area contributed by atoms with Crippen molar-refractivity contribution in [1.29, 1.82) is 0 Å². The van der Waals surface area contributed by atoms with Gasteiger partial charge < -0.3 is 91.0 Å². The Bertz CT molecular complexity index is 2140. The van der Waals surface area contributed by atoms with Crippen LogP contribution in [0.1, 0.15) is 12.6 Å². The number of fused-ring (bicyclic) bond motifs is 1. The topological polar surface area (TPSA) is 492 Å². The van der Waals surface area contributed by atoms with Gasteiger partial charge in [-0.2, -0.15) is 4.31 Å². The number of anilines is 1. The molecule has 16 N–H and O–H groups in total. The maximum Gasteiger partial charge on any atom is 0.481 e. The summed E-state index contributed by atoms with van der Waals surface area (Å²) in [5.74, 6) is -6.65. The normalized spacial score (nSPS) is 30.9. The third-order valence-electron chi connectivity index (χ3n) is 8.96. The van der Waals surface area contributed by atoms with Gasteiger partial charge in [0, 0.05) is 18.0 Å². The minimum Gasteiger partial charge on any atom is -0.425 e. The fourth-order valence-corrected chi connectivity index (χ4v) is 8.58. The molecule has 14 atom stereocenters. The second kappa shape index (κ2) is 18.7. The molecule has 0 spiro atoms. The predicted molar refractivity (Wildman–Crippen MR) is 189 cm³/mol. The molecule has 5 rings (SSSR count). The molecule has 2 aromatic rings. The van der Waals surface area contributed by atoms with Gasteiger partial charge in [-0.05, 0) is 6.42 Å². The highest BCUT2D eigenvalue weighted by molar-refractivity contribution is 7.61. The number of nitrogen functional groups attached to an aromatic ring is 1. The highest BCUT2D eigenvalue weighted by atomic mass is 31.3. The Morgan fingerprint density at radius 1 is 0.967 bits per heavy atom. The monoisotopic (exact) mass is 939 g/mol. The van der Waals surface area contributed by atoms with Crippen molar-refractivity contribution in [3.63, 3.8) is 0 Å². The Kier molecular flexibility index (Phi) is 14.9. The van der Waals surface area contributed by atoms with Crippen molar-refractivity contribution in [1.82, 2.24) is 24.4 Å². The number of hydrogen-bond donors (Lipinski definition) is 14. The zero-order valence-electron chi connectivity index (χ0n) is 30.6. The fourth-order valence-electron chi connectivity index (χ4n) is 5.94. The maximum absolute atomic E-state index is 13.2. The number of phosphoric ester groups is 3. The van der Waals surface area contributed by atoms with Crippen LogP contribution in [0.4, 0.5) is 5.82 Å². The van der Waals surface area contributed by atoms with Crippen LogP contribution in [0.3, 0.4) is 0 Å². The number of ether oxygens (including phenoxy) is 3. The predicted octanol–water partition coefficient (Wildman–Crippen LogP) is -6.26. The molecule has 34 heteroatoms. The molecule has 2 saturated heterocycles. The van der Waals surface area contributed by atoms with E-state index in [-0.39, 0.29) is 29.0 Å². The third-order valence-corrected chi connectivity index (χ3v) is 12.1. The van der Waals surface area contributed by atoms with E-state index in [1.54, 1.807) is 0 Å². The number of esters is 1. The highest BCUT2D eigenvalue weighted by Crippen LogP contribution is 2.61. The van der Waals surface area contributed by atoms with Crippen molar-refractivity contribution in [3.05, 3.63) is 36.7 Å². The molecule has 342 valence electrons. The van der Waals surface area contributed by atoms with Crippen LogP contribution in [0.15, 0.2) is 36.7 Å². The summed E-state index contributed by atoms with van der Waals surface area (Å²) in [6, 6.07) is 0. The first kappa shape index (κ1) is 48.6. The number of imidazole rings is 1. The molecule has 2 fully saturated rings. The fraction of sp³-hybridized carbons (Fsp3) is 0.593. The molecule has 0 saturated carbocycles. The number of rotatable bonds is 19. The van der Waals surface area contributed by atoms with Gasteiger partial charge in [0.2, 0.25) is 5.91 Å². The van der Waals surface area contributed by atoms with E-state index < -0.39 is 128 Å². The van der Waals surface area contributed by atoms with Crippen LogP contribution in [0.2, 0.25) is 0 Å². The van der Waals surface area contributed by atoms with Crippen molar-refractivity contribution >= 4 is 52.3 Å². The minimum absolute atomic E-state index is 0.0901. The molecule has 3 aliphatic rings. The summed E-state index contributed by atoms with van der Waals surface area (Å²) in [5.41, 5.74) is 10.7. The summed E-state index contributed by atoms with van der Waals surface area (Å²) in [5, 5.41) is 82.0. The first-order valence-corrected chi connectivity index (χ1v) is 21.5. The molecule has 6 unspecified atom stereocenters. The third kappa shape index (κ3) is 11.0. The molecule has 0 aliphatic carbocycles. The lowest BCUT2D eigenvalue weighted by Gasteiger charge is -2.33. The SMILES string of the molecule is NC(=O)C1=CN([C@@H]2O[C@H](COP(=O)(O)OP(=O)(O)OC[C@]3(OC(=O)C(O)C(O)C(O)C(O)CO)O[C@@H](n4cnc5c(N)ncnc54)[C@H](OP(=O)(O)O)[C@H]3O)[C@@H](O)[C@H]2O)C=CC1. The number of phosphoric acid groups is 3. The van der Waals surface area contributed by atoms with Gasteiger partial charge in [0.05, 0.1) is 19.5 Å². The van der Waals surface area contributed by atoms with Gasteiger partial charge in [-0.1, -0.05) is 6.08 Å². The van der Waals surface area contributed by atoms with E-state index in [4.69, 9.17) is 35.3 Å². The number of nitrogens with zero attached hydrogens (tertiary/aromatic N) is 5. The number of aliphatic hydroxyl groups excluding tert-OH is 8. The number of carbonyl (C=O) groups is 2. The van der Waals surface area contributed by atoms with Gasteiger partial charge in [-0.25, -0.2) is 33.4 Å². The van der Waals surface area contributed by atoms with Crippen LogP contribution in [0.25, 0.3) is 11.2 Å². The molecule has 31 nitrogen and oxygen atoms in total. The minimum atomic E-state index is -6.09. The Balaban J connectivity index is 1.38. The lowest BCUT2D eigenvalue weighted by Crippen LogP contribution is -2.55. The van der Waals surface area contributed by atoms with E-state index in [0.29, 0.717) is 0 Å². The Morgan fingerprint density at radius 2 is 1.64 bits per heavy atom. The van der Waals surface area contributed by atoms with E-state index in [1.165, 1.54) is 18.5 Å². The van der Waals surface area contributed by atoms with E-state index in [1.807, 2.05) is 0 Å². The average Bonchev–Trinajstić information content (AvgIpc) is 3.83. The lowest BCUT2D eigenvalue weighted by atomic mass is 10.0. The summed E-state index contributed by atoms with van der Waals surface area (Å²) in [7, 11) is -17.6. The molecular formula is C27H40N7O24P3. The summed E-state index contributed by atoms with van der Waals surface area (Å²) in [6.45, 7) is -4.21. The summed E-state index contributed by atoms with van der Waals surface area (Å²) in [4.78, 5) is 77.7. The van der Waals surface area contributed by atoms with Gasteiger partial charge in [-0.3, -0.25) is 22.9 Å². The number of allylic oxidation sites excluding steroid dienone is 1. The van der Waals surface area contributed by atoms with Crippen LogP contribution in [-0.4, -0.2) is 183 Å². The zero-order chi connectivity index (χ0) is 45.4. The van der Waals surface area contributed by atoms with Crippen molar-refractivity contribution in [2.75, 3.05) is 25.6 Å². The van der Waals surface area contributed by atoms with Crippen LogP contribution in [-0.2, 0) is 55.4 Å². The van der Waals surface area contributed by atoms with Gasteiger partial charge in [0.25, 0.3) is 5.79 Å². The van der Waals surface area contributed by atoms with E-state index in [0.717, 1.165) is 22.1 Å². The van der Waals surface area contributed by atoms with Crippen molar-refractivity contribution in [3.8, 4) is 0 Å². The summed E-state index contributed by atoms with van der Waals surface area (Å²) in [6.07, 6.45) is -18.4. The van der Waals surface area contributed by atoms with Crippen LogP contribution in [0, 0.1) is 0 Å². The number of nitrogens with two attached hydrogens (primary N) is 2. The van der Waals surface area contributed by atoms with Crippen LogP contribution < -0.4 is 11.5 Å². The average molecular weight is 940 g/mol. The summed E-state index contributed by atoms with van der Waals surface area (Å²) < 4.78 is 73.3. The van der Waals surface area contributed by atoms with Gasteiger partial charge in [0.1, 0.15) is 61.2 Å². The maximum atomic E-state index is 13.2. The largest absolute Gasteiger partial charge is 0.481 e.